The third kappa shape index (κ3) is 8.57. The molecule has 0 atom stereocenters. The number of amides is 3. The molecule has 0 bridgehead atoms. The van der Waals surface area contributed by atoms with Gasteiger partial charge in [-0.15, -0.1) is 0 Å². The molecule has 3 aromatic rings. The Morgan fingerprint density at radius 2 is 1.60 bits per heavy atom. The number of hydrogen-bond acceptors (Lipinski definition) is 7. The molecule has 3 N–H and O–H groups in total. The predicted molar refractivity (Wildman–Crippen MR) is 156 cm³/mol. The molecule has 0 aliphatic heterocycles. The Bertz CT molecular complexity index is 1390. The van der Waals surface area contributed by atoms with Crippen LogP contribution in [0.2, 0.25) is 0 Å². The van der Waals surface area contributed by atoms with E-state index in [1.54, 1.807) is 44.6 Å². The average Bonchev–Trinajstić information content (AvgIpc) is 2.94. The van der Waals surface area contributed by atoms with Crippen LogP contribution in [-0.2, 0) is 20.8 Å². The monoisotopic (exact) mass is 610 g/mol. The van der Waals surface area contributed by atoms with E-state index in [9.17, 15) is 14.4 Å². The van der Waals surface area contributed by atoms with Gasteiger partial charge in [-0.25, -0.2) is 5.43 Å². The third-order valence-electron chi connectivity index (χ3n) is 5.80. The summed E-state index contributed by atoms with van der Waals surface area (Å²) in [4.78, 5) is 36.9. The van der Waals surface area contributed by atoms with Crippen LogP contribution < -0.4 is 30.3 Å². The van der Waals surface area contributed by atoms with Gasteiger partial charge in [0.25, 0.3) is 5.91 Å². The van der Waals surface area contributed by atoms with Crippen molar-refractivity contribution in [2.75, 3.05) is 32.7 Å². The summed E-state index contributed by atoms with van der Waals surface area (Å²) in [5, 5.41) is 9.29. The molecule has 3 aromatic carbocycles. The topological polar surface area (TPSA) is 127 Å². The zero-order chi connectivity index (χ0) is 29.1. The molecule has 3 amide bonds. The van der Waals surface area contributed by atoms with Crippen LogP contribution in [0.25, 0.3) is 0 Å². The summed E-state index contributed by atoms with van der Waals surface area (Å²) in [5.74, 6) is -0.512. The standard InChI is InChI=1S/C29H31BrN4O6/c1-18-6-5-7-19(2)27(18)33-26(35)17-40-23-11-9-22(30)15-21(23)16-32-34-29(37)28(36)31-13-12-20-8-10-24(38-3)25(14-20)39-4/h5-11,14-16H,12-13,17H2,1-4H3,(H,31,36)(H,33,35)(H,34,37)/b32-16-. The van der Waals surface area contributed by atoms with Gasteiger partial charge in [0.15, 0.2) is 18.1 Å². The molecule has 0 radical (unpaired) electrons. The molecule has 0 aromatic heterocycles. The van der Waals surface area contributed by atoms with Gasteiger partial charge in [-0.3, -0.25) is 14.4 Å². The zero-order valence-electron chi connectivity index (χ0n) is 22.7. The molecular weight excluding hydrogens is 580 g/mol. The second kappa shape index (κ2) is 14.7. The van der Waals surface area contributed by atoms with Crippen molar-refractivity contribution in [1.29, 1.82) is 0 Å². The van der Waals surface area contributed by atoms with Crippen LogP contribution in [-0.4, -0.2) is 51.3 Å². The molecule has 210 valence electrons. The minimum absolute atomic E-state index is 0.231. The molecule has 0 aliphatic rings. The first kappa shape index (κ1) is 30.2. The molecule has 0 unspecified atom stereocenters. The minimum atomic E-state index is -0.922. The first-order valence-corrected chi connectivity index (χ1v) is 13.1. The molecule has 0 heterocycles. The number of halogens is 1. The first-order chi connectivity index (χ1) is 19.2. The van der Waals surface area contributed by atoms with Crippen LogP contribution in [0.15, 0.2) is 64.2 Å². The summed E-state index contributed by atoms with van der Waals surface area (Å²) in [5.41, 5.74) is 6.24. The van der Waals surface area contributed by atoms with E-state index in [-0.39, 0.29) is 19.1 Å². The van der Waals surface area contributed by atoms with E-state index in [1.165, 1.54) is 6.21 Å². The number of carbonyl (C=O) groups excluding carboxylic acids is 3. The summed E-state index contributed by atoms with van der Waals surface area (Å²) in [6.45, 7) is 3.84. The quantitative estimate of drug-likeness (QED) is 0.172. The molecule has 0 aliphatic carbocycles. The normalized spacial score (nSPS) is 10.6. The van der Waals surface area contributed by atoms with Crippen molar-refractivity contribution in [2.24, 2.45) is 5.10 Å². The lowest BCUT2D eigenvalue weighted by atomic mass is 10.1. The fourth-order valence-electron chi connectivity index (χ4n) is 3.73. The molecule has 40 heavy (non-hydrogen) atoms. The second-order valence-corrected chi connectivity index (χ2v) is 9.60. The van der Waals surface area contributed by atoms with Crippen molar-refractivity contribution in [2.45, 2.75) is 20.3 Å². The first-order valence-electron chi connectivity index (χ1n) is 12.3. The molecule has 11 heteroatoms. The van der Waals surface area contributed by atoms with Gasteiger partial charge in [-0.1, -0.05) is 40.2 Å². The van der Waals surface area contributed by atoms with E-state index in [0.29, 0.717) is 29.2 Å². The molecular formula is C29H31BrN4O6. The highest BCUT2D eigenvalue weighted by Gasteiger charge is 2.13. The van der Waals surface area contributed by atoms with Crippen molar-refractivity contribution >= 4 is 45.6 Å². The number of anilines is 1. The predicted octanol–water partition coefficient (Wildman–Crippen LogP) is 3.91. The van der Waals surface area contributed by atoms with E-state index in [2.05, 4.69) is 37.1 Å². The summed E-state index contributed by atoms with van der Waals surface area (Å²) < 4.78 is 16.9. The molecule has 10 nitrogen and oxygen atoms in total. The number of nitrogens with zero attached hydrogens (tertiary/aromatic N) is 1. The van der Waals surface area contributed by atoms with Gasteiger partial charge in [0.05, 0.1) is 20.4 Å². The number of hydrazone groups is 1. The van der Waals surface area contributed by atoms with E-state index >= 15 is 0 Å². The van der Waals surface area contributed by atoms with Gasteiger partial charge in [0, 0.05) is 22.3 Å². The van der Waals surface area contributed by atoms with Crippen molar-refractivity contribution in [3.63, 3.8) is 0 Å². The maximum absolute atomic E-state index is 12.5. The summed E-state index contributed by atoms with van der Waals surface area (Å²) >= 11 is 3.38. The fourth-order valence-corrected chi connectivity index (χ4v) is 4.11. The van der Waals surface area contributed by atoms with Gasteiger partial charge in [0.2, 0.25) is 0 Å². The molecule has 0 saturated heterocycles. The van der Waals surface area contributed by atoms with Crippen LogP contribution in [0.3, 0.4) is 0 Å². The molecule has 0 fully saturated rings. The molecule has 0 saturated carbocycles. The van der Waals surface area contributed by atoms with Crippen LogP contribution in [0, 0.1) is 13.8 Å². The Kier molecular flexibility index (Phi) is 11.1. The number of carbonyl (C=O) groups is 3. The van der Waals surface area contributed by atoms with E-state index in [0.717, 1.165) is 26.9 Å². The van der Waals surface area contributed by atoms with Gasteiger partial charge < -0.3 is 24.8 Å². The van der Waals surface area contributed by atoms with Crippen LogP contribution in [0.4, 0.5) is 5.69 Å². The van der Waals surface area contributed by atoms with E-state index < -0.39 is 11.8 Å². The summed E-state index contributed by atoms with van der Waals surface area (Å²) in [6.07, 6.45) is 1.82. The number of hydrogen-bond donors (Lipinski definition) is 3. The number of nitrogens with one attached hydrogen (secondary N) is 3. The Morgan fingerprint density at radius 1 is 0.900 bits per heavy atom. The van der Waals surface area contributed by atoms with Gasteiger partial charge in [-0.05, 0) is 67.3 Å². The number of para-hydroxylation sites is 1. The Morgan fingerprint density at radius 3 is 2.30 bits per heavy atom. The van der Waals surface area contributed by atoms with Gasteiger partial charge >= 0.3 is 11.8 Å². The third-order valence-corrected chi connectivity index (χ3v) is 6.29. The highest BCUT2D eigenvalue weighted by atomic mass is 79.9. The average molecular weight is 611 g/mol. The minimum Gasteiger partial charge on any atom is -0.493 e. The highest BCUT2D eigenvalue weighted by molar-refractivity contribution is 9.10. The SMILES string of the molecule is COc1ccc(CCNC(=O)C(=O)N/N=C\c2cc(Br)ccc2OCC(=O)Nc2c(C)cccc2C)cc1OC. The number of methoxy groups -OCH3 is 2. The fraction of sp³-hybridized carbons (Fsp3) is 0.241. The maximum Gasteiger partial charge on any atom is 0.329 e. The Balaban J connectivity index is 1.51. The second-order valence-electron chi connectivity index (χ2n) is 8.68. The Hall–Kier alpha value is -4.38. The van der Waals surface area contributed by atoms with E-state index in [1.807, 2.05) is 38.1 Å². The summed E-state index contributed by atoms with van der Waals surface area (Å²) in [6, 6.07) is 16.3. The molecule has 0 spiro atoms. The number of rotatable bonds is 11. The van der Waals surface area contributed by atoms with Crippen LogP contribution >= 0.6 is 15.9 Å². The van der Waals surface area contributed by atoms with Crippen molar-refractivity contribution in [1.82, 2.24) is 10.7 Å². The lowest BCUT2D eigenvalue weighted by Gasteiger charge is -2.13. The van der Waals surface area contributed by atoms with Crippen LogP contribution in [0.5, 0.6) is 17.2 Å². The van der Waals surface area contributed by atoms with Crippen molar-refractivity contribution in [3.8, 4) is 17.2 Å². The number of benzene rings is 3. The van der Waals surface area contributed by atoms with Gasteiger partial charge in [0.1, 0.15) is 5.75 Å². The number of ether oxygens (including phenoxy) is 3. The lowest BCUT2D eigenvalue weighted by Crippen LogP contribution is -2.38. The smallest absolute Gasteiger partial charge is 0.329 e. The largest absolute Gasteiger partial charge is 0.493 e. The number of aryl methyl sites for hydroxylation is 2. The van der Waals surface area contributed by atoms with Gasteiger partial charge in [-0.2, -0.15) is 5.10 Å². The van der Waals surface area contributed by atoms with Crippen molar-refractivity contribution in [3.05, 3.63) is 81.3 Å². The molecule has 3 rings (SSSR count). The zero-order valence-corrected chi connectivity index (χ0v) is 24.3. The summed E-state index contributed by atoms with van der Waals surface area (Å²) in [7, 11) is 3.10. The maximum atomic E-state index is 12.5. The van der Waals surface area contributed by atoms with E-state index in [4.69, 9.17) is 14.2 Å². The Labute approximate surface area is 241 Å². The highest BCUT2D eigenvalue weighted by Crippen LogP contribution is 2.27. The van der Waals surface area contributed by atoms with Crippen molar-refractivity contribution < 1.29 is 28.6 Å². The lowest BCUT2D eigenvalue weighted by molar-refractivity contribution is -0.139. The van der Waals surface area contributed by atoms with Crippen LogP contribution in [0.1, 0.15) is 22.3 Å².